The summed E-state index contributed by atoms with van der Waals surface area (Å²) >= 11 is 6.41. The van der Waals surface area contributed by atoms with Crippen LogP contribution in [0.5, 0.6) is 11.5 Å². The minimum absolute atomic E-state index is 0.00936. The van der Waals surface area contributed by atoms with Gasteiger partial charge in [-0.15, -0.1) is 0 Å². The third-order valence-electron chi connectivity index (χ3n) is 4.11. The van der Waals surface area contributed by atoms with Gasteiger partial charge >= 0.3 is 0 Å². The summed E-state index contributed by atoms with van der Waals surface area (Å²) in [5.74, 6) is 0.0210. The first-order valence-corrected chi connectivity index (χ1v) is 7.78. The fraction of sp³-hybridized carbons (Fsp3) is 0.0556. The molecule has 1 atom stereocenters. The van der Waals surface area contributed by atoms with Gasteiger partial charge in [0, 0.05) is 46.7 Å². The summed E-state index contributed by atoms with van der Waals surface area (Å²) in [6.45, 7) is 0. The molecule has 0 bridgehead atoms. The summed E-state index contributed by atoms with van der Waals surface area (Å²) < 4.78 is 1.89. The summed E-state index contributed by atoms with van der Waals surface area (Å²) in [7, 11) is 0. The Morgan fingerprint density at radius 3 is 2.75 bits per heavy atom. The van der Waals surface area contributed by atoms with Crippen LogP contribution in [0.4, 0.5) is 0 Å². The molecule has 3 N–H and O–H groups in total. The normalized spacial score (nSPS) is 12.5. The summed E-state index contributed by atoms with van der Waals surface area (Å²) in [6.07, 6.45) is 7.08. The highest BCUT2D eigenvalue weighted by Crippen LogP contribution is 2.39. The van der Waals surface area contributed by atoms with E-state index in [4.69, 9.17) is 11.6 Å². The van der Waals surface area contributed by atoms with E-state index < -0.39 is 0 Å². The van der Waals surface area contributed by atoms with Crippen LogP contribution in [0.2, 0.25) is 5.02 Å². The molecule has 0 fully saturated rings. The average Bonchev–Trinajstić information content (AvgIpc) is 3.21. The Hall–Kier alpha value is -2.92. The van der Waals surface area contributed by atoms with E-state index >= 15 is 0 Å². The van der Waals surface area contributed by atoms with Crippen molar-refractivity contribution in [2.75, 3.05) is 0 Å². The number of hydrogen-bond acceptors (Lipinski definition) is 3. The van der Waals surface area contributed by atoms with E-state index in [0.29, 0.717) is 10.6 Å². The summed E-state index contributed by atoms with van der Waals surface area (Å²) in [6, 6.07) is 9.92. The second-order valence-electron chi connectivity index (χ2n) is 5.56. The molecule has 120 valence electrons. The minimum Gasteiger partial charge on any atom is -0.508 e. The van der Waals surface area contributed by atoms with Crippen molar-refractivity contribution in [3.63, 3.8) is 0 Å². The molecule has 0 radical (unpaired) electrons. The molecule has 2 aromatic heterocycles. The first-order chi connectivity index (χ1) is 11.6. The SMILES string of the molecule is Oc1ccc(C(c2c[nH]c3cccc(Cl)c23)n2ccnc2)c(O)c1. The van der Waals surface area contributed by atoms with Crippen LogP contribution in [-0.4, -0.2) is 24.7 Å². The highest BCUT2D eigenvalue weighted by Gasteiger charge is 2.23. The van der Waals surface area contributed by atoms with Gasteiger partial charge in [0.25, 0.3) is 0 Å². The van der Waals surface area contributed by atoms with Crippen LogP contribution in [-0.2, 0) is 0 Å². The van der Waals surface area contributed by atoms with Crippen LogP contribution in [0.3, 0.4) is 0 Å². The van der Waals surface area contributed by atoms with E-state index in [0.717, 1.165) is 16.5 Å². The van der Waals surface area contributed by atoms with Crippen LogP contribution in [0.15, 0.2) is 61.3 Å². The molecule has 4 aromatic rings. The number of aromatic amines is 1. The van der Waals surface area contributed by atoms with Gasteiger partial charge in [0.05, 0.1) is 17.4 Å². The largest absolute Gasteiger partial charge is 0.508 e. The number of nitrogens with one attached hydrogen (secondary N) is 1. The number of H-pyrrole nitrogens is 1. The van der Waals surface area contributed by atoms with Crippen molar-refractivity contribution in [3.05, 3.63) is 77.5 Å². The van der Waals surface area contributed by atoms with Gasteiger partial charge in [-0.1, -0.05) is 17.7 Å². The van der Waals surface area contributed by atoms with Crippen molar-refractivity contribution in [2.45, 2.75) is 6.04 Å². The van der Waals surface area contributed by atoms with E-state index in [1.165, 1.54) is 6.07 Å². The van der Waals surface area contributed by atoms with Gasteiger partial charge in [0.2, 0.25) is 0 Å². The van der Waals surface area contributed by atoms with Crippen molar-refractivity contribution in [3.8, 4) is 11.5 Å². The smallest absolute Gasteiger partial charge is 0.124 e. The molecule has 4 rings (SSSR count). The Morgan fingerprint density at radius 1 is 1.12 bits per heavy atom. The fourth-order valence-corrected chi connectivity index (χ4v) is 3.34. The van der Waals surface area contributed by atoms with Crippen molar-refractivity contribution in [1.82, 2.24) is 14.5 Å². The molecule has 0 amide bonds. The van der Waals surface area contributed by atoms with Gasteiger partial charge in [-0.05, 0) is 24.3 Å². The lowest BCUT2D eigenvalue weighted by Crippen LogP contribution is -2.10. The Morgan fingerprint density at radius 2 is 2.00 bits per heavy atom. The maximum atomic E-state index is 10.4. The second kappa shape index (κ2) is 5.62. The summed E-state index contributed by atoms with van der Waals surface area (Å²) in [5.41, 5.74) is 2.47. The van der Waals surface area contributed by atoms with Crippen LogP contribution in [0.1, 0.15) is 17.2 Å². The Balaban J connectivity index is 2.00. The molecule has 2 aromatic carbocycles. The average molecular weight is 340 g/mol. The Labute approximate surface area is 142 Å². The van der Waals surface area contributed by atoms with Crippen LogP contribution >= 0.6 is 11.6 Å². The standard InChI is InChI=1S/C18H14ClN3O2/c19-14-2-1-3-15-17(14)13(9-21-15)18(22-7-6-20-10-22)12-5-4-11(23)8-16(12)24/h1-10,18,21,23-24H. The number of hydrogen-bond donors (Lipinski definition) is 3. The molecule has 0 saturated heterocycles. The molecule has 1 unspecified atom stereocenters. The zero-order chi connectivity index (χ0) is 16.7. The third-order valence-corrected chi connectivity index (χ3v) is 4.43. The molecule has 0 saturated carbocycles. The zero-order valence-corrected chi connectivity index (χ0v) is 13.3. The number of fused-ring (bicyclic) bond motifs is 1. The number of benzene rings is 2. The maximum absolute atomic E-state index is 10.4. The first kappa shape index (κ1) is 14.7. The number of imidazole rings is 1. The number of phenolic OH excluding ortho intramolecular Hbond substituents is 2. The Kier molecular flexibility index (Phi) is 3.43. The topological polar surface area (TPSA) is 74.1 Å². The van der Waals surface area contributed by atoms with E-state index in [2.05, 4.69) is 9.97 Å². The van der Waals surface area contributed by atoms with Crippen LogP contribution < -0.4 is 0 Å². The Bertz CT molecular complexity index is 1010. The lowest BCUT2D eigenvalue weighted by Gasteiger charge is -2.20. The molecular weight excluding hydrogens is 326 g/mol. The molecule has 6 heteroatoms. The van der Waals surface area contributed by atoms with E-state index in [-0.39, 0.29) is 17.5 Å². The molecule has 24 heavy (non-hydrogen) atoms. The third kappa shape index (κ3) is 2.30. The van der Waals surface area contributed by atoms with E-state index in [1.54, 1.807) is 24.7 Å². The van der Waals surface area contributed by atoms with Gasteiger partial charge in [-0.2, -0.15) is 0 Å². The van der Waals surface area contributed by atoms with Gasteiger partial charge in [-0.3, -0.25) is 0 Å². The number of halogens is 1. The number of nitrogens with zero attached hydrogens (tertiary/aromatic N) is 2. The lowest BCUT2D eigenvalue weighted by molar-refractivity contribution is 0.441. The number of rotatable bonds is 3. The maximum Gasteiger partial charge on any atom is 0.124 e. The van der Waals surface area contributed by atoms with Crippen molar-refractivity contribution in [1.29, 1.82) is 0 Å². The second-order valence-corrected chi connectivity index (χ2v) is 5.97. The molecule has 0 aliphatic carbocycles. The van der Waals surface area contributed by atoms with Gasteiger partial charge in [0.15, 0.2) is 0 Å². The van der Waals surface area contributed by atoms with Gasteiger partial charge < -0.3 is 19.8 Å². The van der Waals surface area contributed by atoms with Crippen LogP contribution in [0.25, 0.3) is 10.9 Å². The van der Waals surface area contributed by atoms with E-state index in [9.17, 15) is 10.2 Å². The highest BCUT2D eigenvalue weighted by molar-refractivity contribution is 6.35. The summed E-state index contributed by atoms with van der Waals surface area (Å²) in [4.78, 5) is 7.34. The van der Waals surface area contributed by atoms with Crippen molar-refractivity contribution < 1.29 is 10.2 Å². The predicted octanol–water partition coefficient (Wildman–Crippen LogP) is 4.07. The molecule has 5 nitrogen and oxygen atoms in total. The van der Waals surface area contributed by atoms with Crippen molar-refractivity contribution in [2.24, 2.45) is 0 Å². The quantitative estimate of drug-likeness (QED) is 0.527. The fourth-order valence-electron chi connectivity index (χ4n) is 3.06. The lowest BCUT2D eigenvalue weighted by atomic mass is 9.97. The predicted molar refractivity (Wildman–Crippen MR) is 92.5 cm³/mol. The van der Waals surface area contributed by atoms with Gasteiger partial charge in [-0.25, -0.2) is 4.98 Å². The van der Waals surface area contributed by atoms with Gasteiger partial charge in [0.1, 0.15) is 11.5 Å². The molecule has 2 heterocycles. The molecule has 0 aliphatic heterocycles. The molecule has 0 spiro atoms. The first-order valence-electron chi connectivity index (χ1n) is 7.40. The summed E-state index contributed by atoms with van der Waals surface area (Å²) in [5, 5.41) is 21.5. The number of aromatic hydroxyl groups is 2. The number of phenols is 2. The minimum atomic E-state index is -0.332. The van der Waals surface area contributed by atoms with Crippen molar-refractivity contribution >= 4 is 22.5 Å². The number of aromatic nitrogens is 3. The molecule has 0 aliphatic rings. The highest BCUT2D eigenvalue weighted by atomic mass is 35.5. The zero-order valence-electron chi connectivity index (χ0n) is 12.5. The van der Waals surface area contributed by atoms with E-state index in [1.807, 2.05) is 35.2 Å². The molecular formula is C18H14ClN3O2. The monoisotopic (exact) mass is 339 g/mol. The van der Waals surface area contributed by atoms with Crippen LogP contribution in [0, 0.1) is 0 Å².